The van der Waals surface area contributed by atoms with Gasteiger partial charge < -0.3 is 10.2 Å². The van der Waals surface area contributed by atoms with Gasteiger partial charge in [-0.2, -0.15) is 0 Å². The van der Waals surface area contributed by atoms with Crippen molar-refractivity contribution in [2.24, 2.45) is 0 Å². The van der Waals surface area contributed by atoms with E-state index in [0.29, 0.717) is 22.4 Å². The van der Waals surface area contributed by atoms with Crippen LogP contribution in [0, 0.1) is 0 Å². The highest BCUT2D eigenvalue weighted by Gasteiger charge is 2.17. The van der Waals surface area contributed by atoms with Crippen LogP contribution < -0.4 is 5.32 Å². The van der Waals surface area contributed by atoms with Crippen molar-refractivity contribution in [2.45, 2.75) is 33.1 Å². The summed E-state index contributed by atoms with van der Waals surface area (Å²) in [5.41, 5.74) is 1.25. The van der Waals surface area contributed by atoms with E-state index in [1.165, 1.54) is 11.3 Å². The molecule has 5 nitrogen and oxygen atoms in total. The molecule has 0 fully saturated rings. The number of unbranched alkanes of at least 4 members (excludes halogenated alkanes) is 1. The lowest BCUT2D eigenvalue weighted by Crippen LogP contribution is -2.32. The molecule has 0 aliphatic heterocycles. The van der Waals surface area contributed by atoms with Crippen molar-refractivity contribution in [1.82, 2.24) is 9.88 Å². The van der Waals surface area contributed by atoms with E-state index in [2.05, 4.69) is 17.2 Å². The highest BCUT2D eigenvalue weighted by molar-refractivity contribution is 7.14. The summed E-state index contributed by atoms with van der Waals surface area (Å²) in [6.45, 7) is 5.42. The van der Waals surface area contributed by atoms with Gasteiger partial charge in [-0.05, 0) is 31.0 Å². The zero-order chi connectivity index (χ0) is 18.2. The number of carbonyl (C=O) groups excluding carboxylic acids is 2. The van der Waals surface area contributed by atoms with E-state index >= 15 is 0 Å². The minimum Gasteiger partial charge on any atom is -0.338 e. The van der Waals surface area contributed by atoms with Crippen LogP contribution in [0.25, 0.3) is 0 Å². The monoisotopic (exact) mass is 379 g/mol. The number of aromatic nitrogens is 1. The number of anilines is 1. The molecule has 0 aliphatic rings. The molecule has 0 spiro atoms. The first-order chi connectivity index (χ1) is 12.0. The Hall–Kier alpha value is -1.92. The lowest BCUT2D eigenvalue weighted by atomic mass is 10.1. The van der Waals surface area contributed by atoms with Crippen molar-refractivity contribution in [1.29, 1.82) is 0 Å². The Morgan fingerprint density at radius 3 is 2.60 bits per heavy atom. The molecule has 0 saturated carbocycles. The summed E-state index contributed by atoms with van der Waals surface area (Å²) in [7, 11) is 0. The third kappa shape index (κ3) is 5.83. The zero-order valence-corrected chi connectivity index (χ0v) is 16.0. The molecule has 0 saturated heterocycles. The van der Waals surface area contributed by atoms with Gasteiger partial charge in [-0.3, -0.25) is 9.59 Å². The Labute approximate surface area is 157 Å². The average Bonchev–Trinajstić information content (AvgIpc) is 3.05. The highest BCUT2D eigenvalue weighted by atomic mass is 35.5. The van der Waals surface area contributed by atoms with Gasteiger partial charge in [0.2, 0.25) is 5.91 Å². The molecule has 7 heteroatoms. The molecule has 0 unspecified atom stereocenters. The van der Waals surface area contributed by atoms with E-state index in [9.17, 15) is 9.59 Å². The smallest absolute Gasteiger partial charge is 0.273 e. The maximum Gasteiger partial charge on any atom is 0.273 e. The lowest BCUT2D eigenvalue weighted by Gasteiger charge is -2.19. The summed E-state index contributed by atoms with van der Waals surface area (Å²) in [5, 5.41) is 5.51. The van der Waals surface area contributed by atoms with Crippen LogP contribution in [-0.2, 0) is 11.2 Å². The molecule has 25 heavy (non-hydrogen) atoms. The lowest BCUT2D eigenvalue weighted by molar-refractivity contribution is -0.115. The minimum atomic E-state index is -0.172. The quantitative estimate of drug-likeness (QED) is 0.746. The molecule has 0 atom stereocenters. The van der Waals surface area contributed by atoms with E-state index in [-0.39, 0.29) is 18.2 Å². The first-order valence-corrected chi connectivity index (χ1v) is 9.58. The SMILES string of the molecule is CCCCN(CC)C(=O)c1csc(NC(=O)Cc2ccc(Cl)cc2)n1. The molecule has 0 aliphatic carbocycles. The highest BCUT2D eigenvalue weighted by Crippen LogP contribution is 2.18. The van der Waals surface area contributed by atoms with Gasteiger partial charge in [0.15, 0.2) is 5.13 Å². The van der Waals surface area contributed by atoms with Crippen molar-refractivity contribution in [3.05, 3.63) is 45.9 Å². The van der Waals surface area contributed by atoms with Crippen molar-refractivity contribution in [3.63, 3.8) is 0 Å². The number of nitrogens with one attached hydrogen (secondary N) is 1. The minimum absolute atomic E-state index is 0.0922. The number of rotatable bonds is 8. The number of halogens is 1. The van der Waals surface area contributed by atoms with E-state index in [1.54, 1.807) is 22.4 Å². The summed E-state index contributed by atoms with van der Waals surface area (Å²) in [6, 6.07) is 7.12. The van der Waals surface area contributed by atoms with Crippen LogP contribution in [0.5, 0.6) is 0 Å². The number of hydrogen-bond donors (Lipinski definition) is 1. The summed E-state index contributed by atoms with van der Waals surface area (Å²) < 4.78 is 0. The van der Waals surface area contributed by atoms with E-state index in [1.807, 2.05) is 19.1 Å². The van der Waals surface area contributed by atoms with Crippen LogP contribution in [-0.4, -0.2) is 34.8 Å². The van der Waals surface area contributed by atoms with Crippen molar-refractivity contribution < 1.29 is 9.59 Å². The molecule has 134 valence electrons. The van der Waals surface area contributed by atoms with Gasteiger partial charge in [0, 0.05) is 23.5 Å². The van der Waals surface area contributed by atoms with Gasteiger partial charge in [0.25, 0.3) is 5.91 Å². The predicted octanol–water partition coefficient (Wildman–Crippen LogP) is 4.24. The van der Waals surface area contributed by atoms with Crippen LogP contribution in [0.2, 0.25) is 5.02 Å². The van der Waals surface area contributed by atoms with Crippen LogP contribution in [0.1, 0.15) is 42.7 Å². The number of carbonyl (C=O) groups is 2. The van der Waals surface area contributed by atoms with Crippen LogP contribution in [0.4, 0.5) is 5.13 Å². The Kier molecular flexibility index (Phi) is 7.40. The molecular formula is C18H22ClN3O2S. The molecule has 2 amide bonds. The largest absolute Gasteiger partial charge is 0.338 e. The Morgan fingerprint density at radius 1 is 1.24 bits per heavy atom. The fourth-order valence-electron chi connectivity index (χ4n) is 2.29. The first kappa shape index (κ1) is 19.4. The molecular weight excluding hydrogens is 358 g/mol. The molecule has 2 aromatic rings. The number of hydrogen-bond acceptors (Lipinski definition) is 4. The Balaban J connectivity index is 1.94. The second-order valence-corrected chi connectivity index (χ2v) is 6.92. The molecule has 2 rings (SSSR count). The van der Waals surface area contributed by atoms with Gasteiger partial charge in [-0.15, -0.1) is 11.3 Å². The molecule has 0 bridgehead atoms. The summed E-state index contributed by atoms with van der Waals surface area (Å²) in [6.07, 6.45) is 2.23. The van der Waals surface area contributed by atoms with Crippen LogP contribution >= 0.6 is 22.9 Å². The third-order valence-electron chi connectivity index (χ3n) is 3.70. The number of thiazole rings is 1. The molecule has 1 N–H and O–H groups in total. The predicted molar refractivity (Wildman–Crippen MR) is 102 cm³/mol. The standard InChI is InChI=1S/C18H22ClN3O2S/c1-3-5-10-22(4-2)17(24)15-12-25-18(20-15)21-16(23)11-13-6-8-14(19)9-7-13/h6-9,12H,3-5,10-11H2,1-2H3,(H,20,21,23). The van der Waals surface area contributed by atoms with Crippen molar-refractivity contribution >= 4 is 39.9 Å². The first-order valence-electron chi connectivity index (χ1n) is 8.32. The molecule has 0 radical (unpaired) electrons. The van der Waals surface area contributed by atoms with Crippen molar-refractivity contribution in [3.8, 4) is 0 Å². The molecule has 1 aromatic carbocycles. The second-order valence-electron chi connectivity index (χ2n) is 5.63. The fourth-order valence-corrected chi connectivity index (χ4v) is 3.12. The number of amides is 2. The van der Waals surface area contributed by atoms with Gasteiger partial charge in [-0.25, -0.2) is 4.98 Å². The van der Waals surface area contributed by atoms with Crippen LogP contribution in [0.3, 0.4) is 0 Å². The van der Waals surface area contributed by atoms with E-state index < -0.39 is 0 Å². The van der Waals surface area contributed by atoms with Gasteiger partial charge >= 0.3 is 0 Å². The van der Waals surface area contributed by atoms with Crippen LogP contribution in [0.15, 0.2) is 29.6 Å². The van der Waals surface area contributed by atoms with E-state index in [4.69, 9.17) is 11.6 Å². The second kappa shape index (κ2) is 9.53. The maximum absolute atomic E-state index is 12.4. The molecule has 1 heterocycles. The summed E-state index contributed by atoms with van der Waals surface area (Å²) in [5.74, 6) is -0.264. The fraction of sp³-hybridized carbons (Fsp3) is 0.389. The molecule has 1 aromatic heterocycles. The van der Waals surface area contributed by atoms with Gasteiger partial charge in [-0.1, -0.05) is 37.1 Å². The normalized spacial score (nSPS) is 10.5. The van der Waals surface area contributed by atoms with Gasteiger partial charge in [0.1, 0.15) is 5.69 Å². The Morgan fingerprint density at radius 2 is 1.96 bits per heavy atom. The van der Waals surface area contributed by atoms with Crippen molar-refractivity contribution in [2.75, 3.05) is 18.4 Å². The summed E-state index contributed by atoms with van der Waals surface area (Å²) >= 11 is 7.09. The van der Waals surface area contributed by atoms with Gasteiger partial charge in [0.05, 0.1) is 6.42 Å². The average molecular weight is 380 g/mol. The topological polar surface area (TPSA) is 62.3 Å². The van der Waals surface area contributed by atoms with E-state index in [0.717, 1.165) is 24.9 Å². The zero-order valence-electron chi connectivity index (χ0n) is 14.4. The maximum atomic E-state index is 12.4. The third-order valence-corrected chi connectivity index (χ3v) is 4.71. The number of nitrogens with zero attached hydrogens (tertiary/aromatic N) is 2. The number of benzene rings is 1. The summed E-state index contributed by atoms with van der Waals surface area (Å²) in [4.78, 5) is 30.6. The Bertz CT molecular complexity index is 715.